The highest BCUT2D eigenvalue weighted by atomic mass is 19.4. The SMILES string of the molecule is CCc1nccn1-c1cc(C(F)(F)F)ccn1. The van der Waals surface area contributed by atoms with E-state index in [0.29, 0.717) is 12.2 Å². The highest BCUT2D eigenvalue weighted by Gasteiger charge is 2.30. The number of aromatic nitrogens is 3. The fourth-order valence-corrected chi connectivity index (χ4v) is 1.53. The van der Waals surface area contributed by atoms with Crippen LogP contribution < -0.4 is 0 Å². The molecule has 0 radical (unpaired) electrons. The van der Waals surface area contributed by atoms with Gasteiger partial charge in [-0.1, -0.05) is 6.92 Å². The van der Waals surface area contributed by atoms with Gasteiger partial charge < -0.3 is 0 Å². The second kappa shape index (κ2) is 4.20. The minimum absolute atomic E-state index is 0.231. The van der Waals surface area contributed by atoms with Gasteiger partial charge in [0.1, 0.15) is 11.6 Å². The fourth-order valence-electron chi connectivity index (χ4n) is 1.53. The standard InChI is InChI=1S/C11H10F3N3/c1-2-9-16-5-6-17(9)10-7-8(3-4-15-10)11(12,13)14/h3-7H,2H2,1H3. The number of halogens is 3. The second-order valence-corrected chi connectivity index (χ2v) is 3.47. The molecule has 0 unspecified atom stereocenters. The molecule has 0 atom stereocenters. The molecule has 0 aliphatic carbocycles. The number of nitrogens with zero attached hydrogens (tertiary/aromatic N) is 3. The van der Waals surface area contributed by atoms with Crippen LogP contribution in [0.25, 0.3) is 5.82 Å². The number of rotatable bonds is 2. The normalized spacial score (nSPS) is 11.8. The molecular weight excluding hydrogens is 231 g/mol. The molecule has 3 nitrogen and oxygen atoms in total. The van der Waals surface area contributed by atoms with Crippen LogP contribution in [-0.2, 0) is 12.6 Å². The van der Waals surface area contributed by atoms with Crippen molar-refractivity contribution in [1.82, 2.24) is 14.5 Å². The van der Waals surface area contributed by atoms with Gasteiger partial charge in [0.15, 0.2) is 0 Å². The molecule has 0 aliphatic heterocycles. The number of aryl methyl sites for hydroxylation is 1. The Labute approximate surface area is 95.9 Å². The molecule has 2 heterocycles. The minimum Gasteiger partial charge on any atom is -0.288 e. The van der Waals surface area contributed by atoms with Gasteiger partial charge in [-0.3, -0.25) is 4.57 Å². The van der Waals surface area contributed by atoms with Crippen LogP contribution in [-0.4, -0.2) is 14.5 Å². The zero-order chi connectivity index (χ0) is 12.5. The van der Waals surface area contributed by atoms with Gasteiger partial charge in [-0.05, 0) is 12.1 Å². The topological polar surface area (TPSA) is 30.7 Å². The Bertz CT molecular complexity index is 517. The lowest BCUT2D eigenvalue weighted by Crippen LogP contribution is -2.08. The third kappa shape index (κ3) is 2.30. The highest BCUT2D eigenvalue weighted by Crippen LogP contribution is 2.29. The first-order chi connectivity index (χ1) is 8.02. The largest absolute Gasteiger partial charge is 0.416 e. The molecular formula is C11H10F3N3. The molecule has 0 amide bonds. The van der Waals surface area contributed by atoms with Crippen molar-refractivity contribution in [3.63, 3.8) is 0 Å². The van der Waals surface area contributed by atoms with Crippen LogP contribution in [0.15, 0.2) is 30.7 Å². The third-order valence-electron chi connectivity index (χ3n) is 2.35. The van der Waals surface area contributed by atoms with Gasteiger partial charge in [0, 0.05) is 25.0 Å². The zero-order valence-corrected chi connectivity index (χ0v) is 9.07. The summed E-state index contributed by atoms with van der Waals surface area (Å²) in [7, 11) is 0. The fraction of sp³-hybridized carbons (Fsp3) is 0.273. The van der Waals surface area contributed by atoms with Crippen LogP contribution in [0.3, 0.4) is 0 Å². The van der Waals surface area contributed by atoms with E-state index in [0.717, 1.165) is 18.3 Å². The van der Waals surface area contributed by atoms with Crippen LogP contribution in [0, 0.1) is 0 Å². The molecule has 0 saturated heterocycles. The van der Waals surface area contributed by atoms with Crippen molar-refractivity contribution < 1.29 is 13.2 Å². The second-order valence-electron chi connectivity index (χ2n) is 3.47. The number of hydrogen-bond acceptors (Lipinski definition) is 2. The smallest absolute Gasteiger partial charge is 0.288 e. The highest BCUT2D eigenvalue weighted by molar-refractivity contribution is 5.30. The number of pyridine rings is 1. The lowest BCUT2D eigenvalue weighted by atomic mass is 10.2. The molecule has 0 N–H and O–H groups in total. The van der Waals surface area contributed by atoms with E-state index >= 15 is 0 Å². The first-order valence-electron chi connectivity index (χ1n) is 5.08. The van der Waals surface area contributed by atoms with E-state index in [1.54, 1.807) is 17.0 Å². The lowest BCUT2D eigenvalue weighted by molar-refractivity contribution is -0.137. The van der Waals surface area contributed by atoms with E-state index < -0.39 is 11.7 Å². The average molecular weight is 241 g/mol. The molecule has 0 aliphatic rings. The molecule has 0 saturated carbocycles. The number of imidazole rings is 1. The van der Waals surface area contributed by atoms with Crippen molar-refractivity contribution in [3.05, 3.63) is 42.1 Å². The molecule has 90 valence electrons. The molecule has 0 bridgehead atoms. The van der Waals surface area contributed by atoms with E-state index in [2.05, 4.69) is 9.97 Å². The molecule has 0 spiro atoms. The Hall–Kier alpha value is -1.85. The molecule has 2 aromatic heterocycles. The van der Waals surface area contributed by atoms with E-state index in [1.165, 1.54) is 0 Å². The summed E-state index contributed by atoms with van der Waals surface area (Å²) in [5, 5.41) is 0. The van der Waals surface area contributed by atoms with Gasteiger partial charge in [0.05, 0.1) is 5.56 Å². The summed E-state index contributed by atoms with van der Waals surface area (Å²) in [6.45, 7) is 1.88. The summed E-state index contributed by atoms with van der Waals surface area (Å²) in [4.78, 5) is 7.97. The zero-order valence-electron chi connectivity index (χ0n) is 9.07. The summed E-state index contributed by atoms with van der Waals surface area (Å²) in [5.41, 5.74) is -0.710. The van der Waals surface area contributed by atoms with E-state index in [4.69, 9.17) is 0 Å². The van der Waals surface area contributed by atoms with Gasteiger partial charge in [-0.25, -0.2) is 9.97 Å². The van der Waals surface area contributed by atoms with Crippen LogP contribution >= 0.6 is 0 Å². The van der Waals surface area contributed by atoms with Crippen molar-refractivity contribution in [2.45, 2.75) is 19.5 Å². The Kier molecular flexibility index (Phi) is 2.87. The summed E-state index contributed by atoms with van der Waals surface area (Å²) >= 11 is 0. The summed E-state index contributed by atoms with van der Waals surface area (Å²) in [5.74, 6) is 0.908. The Balaban J connectivity index is 2.47. The average Bonchev–Trinajstić information content (AvgIpc) is 2.76. The lowest BCUT2D eigenvalue weighted by Gasteiger charge is -2.09. The predicted molar refractivity (Wildman–Crippen MR) is 55.7 cm³/mol. The van der Waals surface area contributed by atoms with Crippen LogP contribution in [0.1, 0.15) is 18.3 Å². The maximum absolute atomic E-state index is 12.5. The monoisotopic (exact) mass is 241 g/mol. The molecule has 2 aromatic rings. The maximum atomic E-state index is 12.5. The van der Waals surface area contributed by atoms with Crippen LogP contribution in [0.5, 0.6) is 0 Å². The minimum atomic E-state index is -4.36. The number of alkyl halides is 3. The van der Waals surface area contributed by atoms with Gasteiger partial charge in [0.25, 0.3) is 0 Å². The Morgan fingerprint density at radius 2 is 2.00 bits per heavy atom. The summed E-state index contributed by atoms with van der Waals surface area (Å²) < 4.78 is 39.2. The molecule has 0 aromatic carbocycles. The molecule has 0 fully saturated rings. The van der Waals surface area contributed by atoms with Crippen LogP contribution in [0.4, 0.5) is 13.2 Å². The van der Waals surface area contributed by atoms with Gasteiger partial charge in [-0.2, -0.15) is 13.2 Å². The molecule has 6 heteroatoms. The summed E-state index contributed by atoms with van der Waals surface area (Å²) in [6.07, 6.45) is 0.565. The first-order valence-corrected chi connectivity index (χ1v) is 5.08. The Morgan fingerprint density at radius 1 is 1.24 bits per heavy atom. The predicted octanol–water partition coefficient (Wildman–Crippen LogP) is 2.85. The van der Waals surface area contributed by atoms with Crippen molar-refractivity contribution >= 4 is 0 Å². The van der Waals surface area contributed by atoms with E-state index in [9.17, 15) is 13.2 Å². The van der Waals surface area contributed by atoms with Crippen molar-refractivity contribution in [3.8, 4) is 5.82 Å². The van der Waals surface area contributed by atoms with Gasteiger partial charge in [0.2, 0.25) is 0 Å². The Morgan fingerprint density at radius 3 is 2.65 bits per heavy atom. The quantitative estimate of drug-likeness (QED) is 0.809. The van der Waals surface area contributed by atoms with Crippen molar-refractivity contribution in [2.24, 2.45) is 0 Å². The molecule has 17 heavy (non-hydrogen) atoms. The van der Waals surface area contributed by atoms with Crippen molar-refractivity contribution in [1.29, 1.82) is 0 Å². The van der Waals surface area contributed by atoms with Crippen LogP contribution in [0.2, 0.25) is 0 Å². The van der Waals surface area contributed by atoms with Crippen molar-refractivity contribution in [2.75, 3.05) is 0 Å². The molecule has 2 rings (SSSR count). The first kappa shape index (κ1) is 11.6. The summed E-state index contributed by atoms with van der Waals surface area (Å²) in [6, 6.07) is 1.97. The van der Waals surface area contributed by atoms with E-state index in [1.807, 2.05) is 6.92 Å². The maximum Gasteiger partial charge on any atom is 0.416 e. The van der Waals surface area contributed by atoms with E-state index in [-0.39, 0.29) is 5.82 Å². The number of hydrogen-bond donors (Lipinski definition) is 0. The van der Waals surface area contributed by atoms with Gasteiger partial charge >= 0.3 is 6.18 Å². The van der Waals surface area contributed by atoms with Gasteiger partial charge in [-0.15, -0.1) is 0 Å². The third-order valence-corrected chi connectivity index (χ3v) is 2.35.